The number of nitrogens with zero attached hydrogens (tertiary/aromatic N) is 7. The summed E-state index contributed by atoms with van der Waals surface area (Å²) in [7, 11) is 0. The molecule has 9 heteroatoms. The highest BCUT2D eigenvalue weighted by Gasteiger charge is 2.20. The zero-order chi connectivity index (χ0) is 21.6. The molecule has 0 bridgehead atoms. The minimum atomic E-state index is 0.743. The van der Waals surface area contributed by atoms with E-state index < -0.39 is 0 Å². The third kappa shape index (κ3) is 5.12. The summed E-state index contributed by atoms with van der Waals surface area (Å²) in [5, 5.41) is 4.64. The fourth-order valence-electron chi connectivity index (χ4n) is 4.25. The van der Waals surface area contributed by atoms with Crippen molar-refractivity contribution in [1.29, 1.82) is 0 Å². The van der Waals surface area contributed by atoms with E-state index in [-0.39, 0.29) is 0 Å². The monoisotopic (exact) mass is 434 g/mol. The van der Waals surface area contributed by atoms with Gasteiger partial charge in [0.1, 0.15) is 11.6 Å². The molecule has 2 aliphatic rings. The Labute approximate surface area is 188 Å². The van der Waals surface area contributed by atoms with E-state index in [0.717, 1.165) is 101 Å². The fraction of sp³-hybridized carbons (Fsp3) is 0.478. The van der Waals surface area contributed by atoms with Gasteiger partial charge in [0.2, 0.25) is 5.95 Å². The highest BCUT2D eigenvalue weighted by atomic mass is 16.5. The molecule has 1 aromatic carbocycles. The zero-order valence-corrected chi connectivity index (χ0v) is 18.4. The van der Waals surface area contributed by atoms with Crippen LogP contribution in [-0.4, -0.2) is 95.3 Å². The van der Waals surface area contributed by atoms with Crippen LogP contribution in [0.3, 0.4) is 0 Å². The van der Waals surface area contributed by atoms with E-state index in [2.05, 4.69) is 42.1 Å². The third-order valence-corrected chi connectivity index (χ3v) is 6.05. The first-order valence-electron chi connectivity index (χ1n) is 11.4. The van der Waals surface area contributed by atoms with E-state index >= 15 is 0 Å². The van der Waals surface area contributed by atoms with Crippen LogP contribution in [0.25, 0.3) is 10.9 Å². The standard InChI is InChI=1S/C23H30N8O/c1-2-5-20-19(4-1)22(24-8-9-29-14-16-32-17-15-29)28-21(27-20)18-30-10-12-31(13-11-30)23-25-6-3-7-26-23/h1-7H,8-18H2,(H,24,27,28). The largest absolute Gasteiger partial charge is 0.379 e. The van der Waals surface area contributed by atoms with Crippen LogP contribution in [-0.2, 0) is 11.3 Å². The van der Waals surface area contributed by atoms with Gasteiger partial charge in [-0.1, -0.05) is 12.1 Å². The number of aromatic nitrogens is 4. The Morgan fingerprint density at radius 2 is 1.62 bits per heavy atom. The molecule has 32 heavy (non-hydrogen) atoms. The molecule has 5 rings (SSSR count). The summed E-state index contributed by atoms with van der Waals surface area (Å²) in [5.74, 6) is 2.60. The summed E-state index contributed by atoms with van der Waals surface area (Å²) in [4.78, 5) is 25.6. The van der Waals surface area contributed by atoms with Crippen molar-refractivity contribution in [3.8, 4) is 0 Å². The van der Waals surface area contributed by atoms with Gasteiger partial charge >= 0.3 is 0 Å². The van der Waals surface area contributed by atoms with Crippen LogP contribution >= 0.6 is 0 Å². The van der Waals surface area contributed by atoms with Gasteiger partial charge in [0.25, 0.3) is 0 Å². The highest BCUT2D eigenvalue weighted by Crippen LogP contribution is 2.21. The number of piperazine rings is 1. The number of hydrogen-bond donors (Lipinski definition) is 1. The Morgan fingerprint density at radius 1 is 0.844 bits per heavy atom. The molecule has 2 saturated heterocycles. The molecule has 0 amide bonds. The molecule has 0 saturated carbocycles. The Balaban J connectivity index is 1.23. The number of hydrogen-bond acceptors (Lipinski definition) is 9. The number of para-hydroxylation sites is 1. The second kappa shape index (κ2) is 10.2. The van der Waals surface area contributed by atoms with Gasteiger partial charge in [0.05, 0.1) is 25.3 Å². The molecule has 0 unspecified atom stereocenters. The van der Waals surface area contributed by atoms with Crippen molar-refractivity contribution in [2.24, 2.45) is 0 Å². The van der Waals surface area contributed by atoms with E-state index in [9.17, 15) is 0 Å². The Hall–Kier alpha value is -2.88. The predicted molar refractivity (Wildman–Crippen MR) is 125 cm³/mol. The van der Waals surface area contributed by atoms with Gasteiger partial charge in [-0.05, 0) is 18.2 Å². The first kappa shape index (κ1) is 21.0. The van der Waals surface area contributed by atoms with Crippen LogP contribution < -0.4 is 10.2 Å². The molecule has 9 nitrogen and oxygen atoms in total. The molecule has 168 valence electrons. The van der Waals surface area contributed by atoms with Crippen molar-refractivity contribution < 1.29 is 4.74 Å². The number of fused-ring (bicyclic) bond motifs is 1. The smallest absolute Gasteiger partial charge is 0.225 e. The average Bonchev–Trinajstić information content (AvgIpc) is 2.86. The van der Waals surface area contributed by atoms with E-state index in [1.165, 1.54) is 0 Å². The van der Waals surface area contributed by atoms with Gasteiger partial charge in [-0.25, -0.2) is 19.9 Å². The number of rotatable bonds is 7. The Bertz CT molecular complexity index is 1000. The van der Waals surface area contributed by atoms with Crippen molar-refractivity contribution in [2.45, 2.75) is 6.54 Å². The molecule has 4 heterocycles. The van der Waals surface area contributed by atoms with Crippen LogP contribution in [0.15, 0.2) is 42.7 Å². The molecule has 0 atom stereocenters. The van der Waals surface area contributed by atoms with Crippen LogP contribution in [0.5, 0.6) is 0 Å². The first-order valence-corrected chi connectivity index (χ1v) is 11.4. The summed E-state index contributed by atoms with van der Waals surface area (Å²) < 4.78 is 5.44. The number of ether oxygens (including phenoxy) is 1. The molecule has 2 fully saturated rings. The van der Waals surface area contributed by atoms with Gasteiger partial charge in [-0.3, -0.25) is 9.80 Å². The molecule has 1 N–H and O–H groups in total. The lowest BCUT2D eigenvalue weighted by Crippen LogP contribution is -2.46. The summed E-state index contributed by atoms with van der Waals surface area (Å²) in [6.07, 6.45) is 3.59. The lowest BCUT2D eigenvalue weighted by atomic mass is 10.2. The summed E-state index contributed by atoms with van der Waals surface area (Å²) in [5.41, 5.74) is 0.989. The molecular weight excluding hydrogens is 404 g/mol. The molecular formula is C23H30N8O. The normalized spacial score (nSPS) is 18.2. The summed E-state index contributed by atoms with van der Waals surface area (Å²) >= 11 is 0. The lowest BCUT2D eigenvalue weighted by molar-refractivity contribution is 0.0398. The van der Waals surface area contributed by atoms with E-state index in [0.29, 0.717) is 0 Å². The van der Waals surface area contributed by atoms with Crippen molar-refractivity contribution in [1.82, 2.24) is 29.7 Å². The van der Waals surface area contributed by atoms with Gasteiger partial charge in [-0.15, -0.1) is 0 Å². The van der Waals surface area contributed by atoms with E-state index in [1.54, 1.807) is 12.4 Å². The van der Waals surface area contributed by atoms with E-state index in [1.807, 2.05) is 18.2 Å². The minimum Gasteiger partial charge on any atom is -0.379 e. The number of benzene rings is 1. The van der Waals surface area contributed by atoms with Gasteiger partial charge < -0.3 is 15.0 Å². The molecule has 3 aromatic rings. The maximum atomic E-state index is 5.44. The van der Waals surface area contributed by atoms with Crippen LogP contribution in [0.4, 0.5) is 11.8 Å². The molecule has 0 aliphatic carbocycles. The SMILES string of the molecule is c1cnc(N2CCN(Cc3nc(NCCN4CCOCC4)c4ccccc4n3)CC2)nc1. The Morgan fingerprint density at radius 3 is 2.44 bits per heavy atom. The zero-order valence-electron chi connectivity index (χ0n) is 18.4. The molecule has 2 aliphatic heterocycles. The Kier molecular flexibility index (Phi) is 6.66. The number of nitrogens with one attached hydrogen (secondary N) is 1. The van der Waals surface area contributed by atoms with Crippen LogP contribution in [0, 0.1) is 0 Å². The average molecular weight is 435 g/mol. The summed E-state index contributed by atoms with van der Waals surface area (Å²) in [6, 6.07) is 10.1. The molecule has 2 aromatic heterocycles. The van der Waals surface area contributed by atoms with Gasteiger partial charge in [0.15, 0.2) is 0 Å². The van der Waals surface area contributed by atoms with Crippen LogP contribution in [0.1, 0.15) is 5.82 Å². The lowest BCUT2D eigenvalue weighted by Gasteiger charge is -2.34. The maximum Gasteiger partial charge on any atom is 0.225 e. The van der Waals surface area contributed by atoms with Gasteiger partial charge in [0, 0.05) is 70.1 Å². The fourth-order valence-corrected chi connectivity index (χ4v) is 4.25. The quantitative estimate of drug-likeness (QED) is 0.595. The summed E-state index contributed by atoms with van der Waals surface area (Å²) in [6.45, 7) is 9.92. The highest BCUT2D eigenvalue weighted by molar-refractivity contribution is 5.88. The molecule has 0 spiro atoms. The van der Waals surface area contributed by atoms with E-state index in [4.69, 9.17) is 14.7 Å². The number of anilines is 2. The topological polar surface area (TPSA) is 82.5 Å². The second-order valence-corrected chi connectivity index (χ2v) is 8.20. The molecule has 0 radical (unpaired) electrons. The predicted octanol–water partition coefficient (Wildman–Crippen LogP) is 1.49. The number of morpholine rings is 1. The van der Waals surface area contributed by atoms with Crippen molar-refractivity contribution in [2.75, 3.05) is 75.8 Å². The van der Waals surface area contributed by atoms with Crippen molar-refractivity contribution in [3.05, 3.63) is 48.5 Å². The second-order valence-electron chi connectivity index (χ2n) is 8.20. The minimum absolute atomic E-state index is 0.743. The first-order chi connectivity index (χ1) is 15.8. The maximum absolute atomic E-state index is 5.44. The van der Waals surface area contributed by atoms with Crippen LogP contribution in [0.2, 0.25) is 0 Å². The van der Waals surface area contributed by atoms with Crippen molar-refractivity contribution >= 4 is 22.7 Å². The third-order valence-electron chi connectivity index (χ3n) is 6.05. The van der Waals surface area contributed by atoms with Gasteiger partial charge in [-0.2, -0.15) is 0 Å². The van der Waals surface area contributed by atoms with Crippen molar-refractivity contribution in [3.63, 3.8) is 0 Å².